The fourth-order valence-electron chi connectivity index (χ4n) is 2.04. The van der Waals surface area contributed by atoms with Gasteiger partial charge in [0.25, 0.3) is 0 Å². The summed E-state index contributed by atoms with van der Waals surface area (Å²) in [6.45, 7) is 0. The van der Waals surface area contributed by atoms with Gasteiger partial charge in [0.05, 0.1) is 6.21 Å². The third-order valence-corrected chi connectivity index (χ3v) is 3.22. The number of aromatic nitrogens is 1. The SMILES string of the molecule is S=C(NN=Cc1c[nH]c2ccccc12)Nc1ccccc1. The van der Waals surface area contributed by atoms with Crippen LogP contribution in [-0.2, 0) is 0 Å². The van der Waals surface area contributed by atoms with Gasteiger partial charge in [0.2, 0.25) is 0 Å². The molecule has 0 aliphatic heterocycles. The summed E-state index contributed by atoms with van der Waals surface area (Å²) in [6.07, 6.45) is 3.67. The minimum Gasteiger partial charge on any atom is -0.361 e. The van der Waals surface area contributed by atoms with Gasteiger partial charge in [-0.05, 0) is 30.4 Å². The van der Waals surface area contributed by atoms with Crippen LogP contribution in [0.25, 0.3) is 10.9 Å². The Morgan fingerprint density at radius 1 is 1.05 bits per heavy atom. The second kappa shape index (κ2) is 6.19. The van der Waals surface area contributed by atoms with E-state index >= 15 is 0 Å². The predicted octanol–water partition coefficient (Wildman–Crippen LogP) is 3.49. The number of fused-ring (bicyclic) bond motifs is 1. The zero-order valence-corrected chi connectivity index (χ0v) is 12.0. The highest BCUT2D eigenvalue weighted by Crippen LogP contribution is 2.15. The van der Waals surface area contributed by atoms with Gasteiger partial charge in [-0.1, -0.05) is 36.4 Å². The second-order valence-electron chi connectivity index (χ2n) is 4.48. The molecule has 0 saturated heterocycles. The number of benzene rings is 2. The van der Waals surface area contributed by atoms with Gasteiger partial charge in [-0.15, -0.1) is 0 Å². The largest absolute Gasteiger partial charge is 0.361 e. The first-order valence-corrected chi connectivity index (χ1v) is 6.95. The number of aromatic amines is 1. The van der Waals surface area contributed by atoms with Crippen molar-refractivity contribution in [2.75, 3.05) is 5.32 Å². The fourth-order valence-corrected chi connectivity index (χ4v) is 2.21. The topological polar surface area (TPSA) is 52.2 Å². The van der Waals surface area contributed by atoms with Gasteiger partial charge < -0.3 is 10.3 Å². The van der Waals surface area contributed by atoms with Crippen molar-refractivity contribution in [1.82, 2.24) is 10.4 Å². The quantitative estimate of drug-likeness (QED) is 0.394. The summed E-state index contributed by atoms with van der Waals surface area (Å²) >= 11 is 5.18. The molecular formula is C16H14N4S. The molecule has 0 atom stereocenters. The van der Waals surface area contributed by atoms with E-state index in [1.165, 1.54) is 0 Å². The summed E-state index contributed by atoms with van der Waals surface area (Å²) in [5, 5.41) is 8.80. The Balaban J connectivity index is 1.63. The smallest absolute Gasteiger partial charge is 0.191 e. The molecule has 0 bridgehead atoms. The number of para-hydroxylation sites is 2. The van der Waals surface area contributed by atoms with Crippen LogP contribution in [0.2, 0.25) is 0 Å². The number of hydrazone groups is 1. The molecule has 4 nitrogen and oxygen atoms in total. The Labute approximate surface area is 127 Å². The molecule has 1 heterocycles. The maximum atomic E-state index is 5.18. The Hall–Kier alpha value is -2.66. The normalized spacial score (nSPS) is 10.9. The lowest BCUT2D eigenvalue weighted by Gasteiger charge is -2.05. The number of H-pyrrole nitrogens is 1. The van der Waals surface area contributed by atoms with Gasteiger partial charge in [0, 0.05) is 28.4 Å². The van der Waals surface area contributed by atoms with Crippen molar-refractivity contribution in [3.8, 4) is 0 Å². The monoisotopic (exact) mass is 294 g/mol. The number of nitrogens with zero attached hydrogens (tertiary/aromatic N) is 1. The van der Waals surface area contributed by atoms with Gasteiger partial charge in [0.1, 0.15) is 0 Å². The van der Waals surface area contributed by atoms with Crippen LogP contribution in [0.3, 0.4) is 0 Å². The van der Waals surface area contributed by atoms with Crippen LogP contribution in [0.15, 0.2) is 65.9 Å². The summed E-state index contributed by atoms with van der Waals surface area (Å²) in [5.41, 5.74) is 5.84. The number of anilines is 1. The third kappa shape index (κ3) is 3.27. The highest BCUT2D eigenvalue weighted by atomic mass is 32.1. The van der Waals surface area contributed by atoms with Crippen molar-refractivity contribution in [2.24, 2.45) is 5.10 Å². The highest BCUT2D eigenvalue weighted by molar-refractivity contribution is 7.80. The van der Waals surface area contributed by atoms with Crippen LogP contribution in [0, 0.1) is 0 Å². The number of rotatable bonds is 3. The molecule has 5 heteroatoms. The number of hydrogen-bond donors (Lipinski definition) is 3. The van der Waals surface area contributed by atoms with E-state index in [1.54, 1.807) is 6.21 Å². The van der Waals surface area contributed by atoms with Crippen LogP contribution in [-0.4, -0.2) is 16.3 Å². The number of nitrogens with one attached hydrogen (secondary N) is 3. The molecule has 104 valence electrons. The summed E-state index contributed by atoms with van der Waals surface area (Å²) in [7, 11) is 0. The molecule has 0 fully saturated rings. The standard InChI is InChI=1S/C16H14N4S/c21-16(19-13-6-2-1-3-7-13)20-18-11-12-10-17-15-9-5-4-8-14(12)15/h1-11,17H,(H2,19,20,21). The molecule has 0 spiro atoms. The van der Waals surface area contributed by atoms with Gasteiger partial charge in [-0.2, -0.15) is 5.10 Å². The molecule has 2 aromatic carbocycles. The zero-order chi connectivity index (χ0) is 14.5. The van der Waals surface area contributed by atoms with E-state index in [0.717, 1.165) is 22.2 Å². The molecule has 3 rings (SSSR count). The van der Waals surface area contributed by atoms with Crippen molar-refractivity contribution < 1.29 is 0 Å². The highest BCUT2D eigenvalue weighted by Gasteiger charge is 1.99. The predicted molar refractivity (Wildman–Crippen MR) is 91.7 cm³/mol. The Bertz CT molecular complexity index is 777. The average Bonchev–Trinajstić information content (AvgIpc) is 2.92. The molecule has 0 saturated carbocycles. The minimum absolute atomic E-state index is 0.456. The molecule has 0 aliphatic rings. The minimum atomic E-state index is 0.456. The second-order valence-corrected chi connectivity index (χ2v) is 4.89. The van der Waals surface area contributed by atoms with E-state index in [2.05, 4.69) is 20.8 Å². The van der Waals surface area contributed by atoms with E-state index < -0.39 is 0 Å². The molecule has 0 radical (unpaired) electrons. The Morgan fingerprint density at radius 2 is 1.81 bits per heavy atom. The van der Waals surface area contributed by atoms with Gasteiger partial charge in [-0.25, -0.2) is 0 Å². The maximum Gasteiger partial charge on any atom is 0.191 e. The van der Waals surface area contributed by atoms with Crippen molar-refractivity contribution >= 4 is 40.1 Å². The zero-order valence-electron chi connectivity index (χ0n) is 11.2. The first-order valence-electron chi connectivity index (χ1n) is 6.54. The van der Waals surface area contributed by atoms with Gasteiger partial charge in [0.15, 0.2) is 5.11 Å². The molecular weight excluding hydrogens is 280 g/mol. The molecule has 0 aliphatic carbocycles. The third-order valence-electron chi connectivity index (χ3n) is 3.02. The number of thiocarbonyl (C=S) groups is 1. The summed E-state index contributed by atoms with van der Waals surface area (Å²) < 4.78 is 0. The van der Waals surface area contributed by atoms with Crippen LogP contribution in [0.5, 0.6) is 0 Å². The summed E-state index contributed by atoms with van der Waals surface area (Å²) in [4.78, 5) is 3.20. The Kier molecular flexibility index (Phi) is 3.93. The van der Waals surface area contributed by atoms with Crippen molar-refractivity contribution in [2.45, 2.75) is 0 Å². The Morgan fingerprint density at radius 3 is 2.67 bits per heavy atom. The van der Waals surface area contributed by atoms with Crippen LogP contribution >= 0.6 is 12.2 Å². The lowest BCUT2D eigenvalue weighted by Crippen LogP contribution is -2.23. The van der Waals surface area contributed by atoms with E-state index in [1.807, 2.05) is 60.8 Å². The van der Waals surface area contributed by atoms with Crippen molar-refractivity contribution in [1.29, 1.82) is 0 Å². The molecule has 3 N–H and O–H groups in total. The average molecular weight is 294 g/mol. The van der Waals surface area contributed by atoms with Crippen molar-refractivity contribution in [3.63, 3.8) is 0 Å². The fraction of sp³-hybridized carbons (Fsp3) is 0. The van der Waals surface area contributed by atoms with Crippen LogP contribution < -0.4 is 10.7 Å². The molecule has 21 heavy (non-hydrogen) atoms. The van der Waals surface area contributed by atoms with E-state index in [-0.39, 0.29) is 0 Å². The van der Waals surface area contributed by atoms with E-state index in [9.17, 15) is 0 Å². The lowest BCUT2D eigenvalue weighted by molar-refractivity contribution is 1.05. The van der Waals surface area contributed by atoms with Crippen molar-refractivity contribution in [3.05, 3.63) is 66.4 Å². The molecule has 1 aromatic heterocycles. The summed E-state index contributed by atoms with van der Waals surface area (Å²) in [6, 6.07) is 17.8. The summed E-state index contributed by atoms with van der Waals surface area (Å²) in [5.74, 6) is 0. The first kappa shape index (κ1) is 13.3. The van der Waals surface area contributed by atoms with Crippen LogP contribution in [0.4, 0.5) is 5.69 Å². The lowest BCUT2D eigenvalue weighted by atomic mass is 10.2. The molecule has 0 unspecified atom stereocenters. The number of hydrogen-bond acceptors (Lipinski definition) is 2. The molecule has 3 aromatic rings. The first-order chi connectivity index (χ1) is 10.3. The van der Waals surface area contributed by atoms with Gasteiger partial charge in [-0.3, -0.25) is 5.43 Å². The van der Waals surface area contributed by atoms with Gasteiger partial charge >= 0.3 is 0 Å². The maximum absolute atomic E-state index is 5.18. The van der Waals surface area contributed by atoms with Crippen LogP contribution in [0.1, 0.15) is 5.56 Å². The van der Waals surface area contributed by atoms with E-state index in [0.29, 0.717) is 5.11 Å². The molecule has 0 amide bonds. The van der Waals surface area contributed by atoms with E-state index in [4.69, 9.17) is 12.2 Å².